The van der Waals surface area contributed by atoms with Gasteiger partial charge < -0.3 is 13.9 Å². The van der Waals surface area contributed by atoms with Gasteiger partial charge in [0.05, 0.1) is 6.10 Å². The van der Waals surface area contributed by atoms with Gasteiger partial charge in [-0.1, -0.05) is 66.9 Å². The van der Waals surface area contributed by atoms with Crippen molar-refractivity contribution in [2.75, 3.05) is 14.2 Å². The molecule has 172 valence electrons. The average Bonchev–Trinajstić information content (AvgIpc) is 2.65. The second-order valence-corrected chi connectivity index (χ2v) is 15.2. The second kappa shape index (κ2) is 14.0. The van der Waals surface area contributed by atoms with E-state index in [9.17, 15) is 0 Å². The van der Waals surface area contributed by atoms with Crippen LogP contribution in [-0.2, 0) is 13.9 Å². The Bertz CT molecular complexity index is 433. The third kappa shape index (κ3) is 8.12. The molecule has 0 heterocycles. The Morgan fingerprint density at radius 3 is 2.00 bits per heavy atom. The molecule has 0 radical (unpaired) electrons. The van der Waals surface area contributed by atoms with Crippen LogP contribution in [0, 0.1) is 0 Å². The molecule has 0 aromatic rings. The monoisotopic (exact) mass is 426 g/mol. The van der Waals surface area contributed by atoms with Gasteiger partial charge in [-0.05, 0) is 67.1 Å². The zero-order chi connectivity index (χ0) is 21.9. The van der Waals surface area contributed by atoms with Crippen molar-refractivity contribution in [3.63, 3.8) is 0 Å². The summed E-state index contributed by atoms with van der Waals surface area (Å²) in [7, 11) is 1.60. The Labute approximate surface area is 183 Å². The molecule has 1 fully saturated rings. The summed E-state index contributed by atoms with van der Waals surface area (Å²) < 4.78 is 17.9. The average molecular weight is 427 g/mol. The van der Waals surface area contributed by atoms with Gasteiger partial charge in [0.25, 0.3) is 0 Å². The van der Waals surface area contributed by atoms with E-state index in [4.69, 9.17) is 13.9 Å². The van der Waals surface area contributed by atoms with Gasteiger partial charge in [-0.3, -0.25) is 0 Å². The third-order valence-electron chi connectivity index (χ3n) is 6.98. The highest BCUT2D eigenvalue weighted by molar-refractivity contribution is 6.77. The van der Waals surface area contributed by atoms with E-state index >= 15 is 0 Å². The van der Waals surface area contributed by atoms with Gasteiger partial charge in [0.1, 0.15) is 0 Å². The van der Waals surface area contributed by atoms with Gasteiger partial charge in [-0.2, -0.15) is 0 Å². The Hall–Kier alpha value is -0.163. The number of hydrogen-bond acceptors (Lipinski definition) is 3. The highest BCUT2D eigenvalue weighted by atomic mass is 28.4. The van der Waals surface area contributed by atoms with Crippen molar-refractivity contribution in [2.45, 2.75) is 135 Å². The molecule has 29 heavy (non-hydrogen) atoms. The lowest BCUT2D eigenvalue weighted by molar-refractivity contribution is -0.107. The SMILES string of the molecule is COC(CCCC/C=C1/CCCCCCC1O[Si](C(C)C)(C(C)C)C(C)C)OC. The molecule has 0 aromatic heterocycles. The number of ether oxygens (including phenoxy) is 2. The minimum absolute atomic E-state index is 0.0603. The van der Waals surface area contributed by atoms with E-state index in [0.717, 1.165) is 19.3 Å². The number of rotatable bonds is 12. The molecular formula is C25H50O3Si. The van der Waals surface area contributed by atoms with Crippen molar-refractivity contribution in [1.29, 1.82) is 0 Å². The van der Waals surface area contributed by atoms with Crippen molar-refractivity contribution in [3.05, 3.63) is 11.6 Å². The molecule has 4 heteroatoms. The van der Waals surface area contributed by atoms with E-state index < -0.39 is 8.32 Å². The van der Waals surface area contributed by atoms with E-state index in [1.807, 2.05) is 0 Å². The maximum atomic E-state index is 7.27. The van der Waals surface area contributed by atoms with Crippen LogP contribution in [0.5, 0.6) is 0 Å². The quantitative estimate of drug-likeness (QED) is 0.137. The summed E-state index contributed by atoms with van der Waals surface area (Å²) in [5.74, 6) is 0. The van der Waals surface area contributed by atoms with E-state index in [-0.39, 0.29) is 6.29 Å². The molecule has 1 aliphatic rings. The van der Waals surface area contributed by atoms with Crippen LogP contribution in [0.25, 0.3) is 0 Å². The van der Waals surface area contributed by atoms with Gasteiger partial charge in [0, 0.05) is 14.2 Å². The first kappa shape index (κ1) is 26.9. The predicted octanol–water partition coefficient (Wildman–Crippen LogP) is 8.01. The van der Waals surface area contributed by atoms with Crippen LogP contribution in [0.15, 0.2) is 11.6 Å². The topological polar surface area (TPSA) is 27.7 Å². The van der Waals surface area contributed by atoms with Crippen LogP contribution in [0.2, 0.25) is 16.6 Å². The maximum absolute atomic E-state index is 7.27. The van der Waals surface area contributed by atoms with Gasteiger partial charge in [0.2, 0.25) is 8.32 Å². The van der Waals surface area contributed by atoms with Crippen LogP contribution in [-0.4, -0.2) is 34.9 Å². The first-order valence-corrected chi connectivity index (χ1v) is 14.4. The van der Waals surface area contributed by atoms with Gasteiger partial charge in [-0.15, -0.1) is 0 Å². The predicted molar refractivity (Wildman–Crippen MR) is 128 cm³/mol. The lowest BCUT2D eigenvalue weighted by Crippen LogP contribution is -2.50. The molecule has 0 aromatic carbocycles. The number of hydrogen-bond donors (Lipinski definition) is 0. The maximum Gasteiger partial charge on any atom is 0.201 e. The fraction of sp³-hybridized carbons (Fsp3) is 0.920. The molecule has 0 N–H and O–H groups in total. The van der Waals surface area contributed by atoms with E-state index in [0.29, 0.717) is 22.7 Å². The fourth-order valence-electron chi connectivity index (χ4n) is 5.46. The number of unbranched alkanes of at least 4 members (excludes halogenated alkanes) is 2. The molecule has 3 nitrogen and oxygen atoms in total. The van der Waals surface area contributed by atoms with E-state index in [1.54, 1.807) is 19.8 Å². The molecule has 0 amide bonds. The molecule has 1 rings (SSSR count). The summed E-state index contributed by atoms with van der Waals surface area (Å²) in [6.07, 6.45) is 15.1. The Balaban J connectivity index is 2.88. The van der Waals surface area contributed by atoms with Crippen LogP contribution in [0.1, 0.15) is 106 Å². The van der Waals surface area contributed by atoms with Crippen LogP contribution in [0.3, 0.4) is 0 Å². The van der Waals surface area contributed by atoms with Crippen molar-refractivity contribution in [1.82, 2.24) is 0 Å². The highest BCUT2D eigenvalue weighted by Crippen LogP contribution is 2.44. The minimum Gasteiger partial charge on any atom is -0.409 e. The third-order valence-corrected chi connectivity index (χ3v) is 13.1. The molecule has 1 aliphatic carbocycles. The van der Waals surface area contributed by atoms with E-state index in [1.165, 1.54) is 44.9 Å². The van der Waals surface area contributed by atoms with E-state index in [2.05, 4.69) is 47.6 Å². The molecule has 0 spiro atoms. The molecule has 1 unspecified atom stereocenters. The first-order valence-electron chi connectivity index (χ1n) is 12.2. The second-order valence-electron chi connectivity index (χ2n) is 9.84. The lowest BCUT2D eigenvalue weighted by atomic mass is 9.93. The summed E-state index contributed by atoms with van der Waals surface area (Å²) in [4.78, 5) is 0. The summed E-state index contributed by atoms with van der Waals surface area (Å²) >= 11 is 0. The molecule has 0 aliphatic heterocycles. The largest absolute Gasteiger partial charge is 0.409 e. The molecular weight excluding hydrogens is 376 g/mol. The van der Waals surface area contributed by atoms with Crippen LogP contribution >= 0.6 is 0 Å². The van der Waals surface area contributed by atoms with Crippen molar-refractivity contribution in [2.24, 2.45) is 0 Å². The summed E-state index contributed by atoms with van der Waals surface area (Å²) in [6, 6.07) is 0. The smallest absolute Gasteiger partial charge is 0.201 e. The lowest BCUT2D eigenvalue weighted by Gasteiger charge is -2.45. The summed E-state index contributed by atoms with van der Waals surface area (Å²) in [5.41, 5.74) is 3.54. The molecule has 1 saturated carbocycles. The number of allylic oxidation sites excluding steroid dienone is 1. The van der Waals surface area contributed by atoms with Crippen molar-refractivity contribution >= 4 is 8.32 Å². The Morgan fingerprint density at radius 1 is 0.862 bits per heavy atom. The zero-order valence-electron chi connectivity index (χ0n) is 20.8. The number of methoxy groups -OCH3 is 2. The Morgan fingerprint density at radius 2 is 1.45 bits per heavy atom. The minimum atomic E-state index is -1.85. The molecule has 1 atom stereocenters. The van der Waals surface area contributed by atoms with Gasteiger partial charge >= 0.3 is 0 Å². The van der Waals surface area contributed by atoms with Gasteiger partial charge in [0.15, 0.2) is 6.29 Å². The normalized spacial score (nSPS) is 20.8. The Kier molecular flexibility index (Phi) is 13.0. The van der Waals surface area contributed by atoms with Gasteiger partial charge in [-0.25, -0.2) is 0 Å². The molecule has 0 bridgehead atoms. The highest BCUT2D eigenvalue weighted by Gasteiger charge is 2.46. The fourth-order valence-corrected chi connectivity index (χ4v) is 11.0. The van der Waals surface area contributed by atoms with Crippen LogP contribution in [0.4, 0.5) is 0 Å². The van der Waals surface area contributed by atoms with Crippen LogP contribution < -0.4 is 0 Å². The van der Waals surface area contributed by atoms with Crippen molar-refractivity contribution in [3.8, 4) is 0 Å². The first-order chi connectivity index (χ1) is 13.8. The standard InChI is InChI=1S/C25H50O3Si/c1-20(2)29(21(3)4,22(5)6)28-24-18-14-10-9-12-16-23(24)17-13-11-15-19-25(26-7)27-8/h17,20-22,24-25H,9-16,18-19H2,1-8H3/b23-17-. The summed E-state index contributed by atoms with van der Waals surface area (Å²) in [5, 5.41) is 0. The zero-order valence-corrected chi connectivity index (χ0v) is 21.8. The van der Waals surface area contributed by atoms with Crippen molar-refractivity contribution < 1.29 is 13.9 Å². The summed E-state index contributed by atoms with van der Waals surface area (Å²) in [6.45, 7) is 14.4. The molecule has 0 saturated heterocycles.